The van der Waals surface area contributed by atoms with Crippen LogP contribution in [0.5, 0.6) is 5.88 Å². The largest absolute Gasteiger partial charge is 0.477 e. The van der Waals surface area contributed by atoms with Crippen molar-refractivity contribution in [1.82, 2.24) is 25.1 Å². The SMILES string of the molecule is Cc1nc(NCc2nnc(C)s2)cc(OCC2CC2c2ccc(F)cn2)n1. The van der Waals surface area contributed by atoms with Crippen LogP contribution in [0, 0.1) is 25.6 Å². The number of nitrogens with zero attached hydrogens (tertiary/aromatic N) is 5. The zero-order chi connectivity index (χ0) is 18.8. The van der Waals surface area contributed by atoms with Crippen LogP contribution in [0.1, 0.15) is 33.9 Å². The maximum Gasteiger partial charge on any atom is 0.218 e. The van der Waals surface area contributed by atoms with Crippen molar-refractivity contribution < 1.29 is 9.13 Å². The van der Waals surface area contributed by atoms with Crippen molar-refractivity contribution in [2.24, 2.45) is 5.92 Å². The molecule has 1 aliphatic carbocycles. The molecule has 2 unspecified atom stereocenters. The van der Waals surface area contributed by atoms with Crippen LogP contribution >= 0.6 is 11.3 Å². The van der Waals surface area contributed by atoms with Crippen molar-refractivity contribution in [2.75, 3.05) is 11.9 Å². The van der Waals surface area contributed by atoms with Crippen LogP contribution in [0.25, 0.3) is 0 Å². The lowest BCUT2D eigenvalue weighted by Crippen LogP contribution is -2.07. The highest BCUT2D eigenvalue weighted by Gasteiger charge is 2.40. The Bertz CT molecular complexity index is 932. The summed E-state index contributed by atoms with van der Waals surface area (Å²) in [4.78, 5) is 12.9. The molecule has 27 heavy (non-hydrogen) atoms. The van der Waals surface area contributed by atoms with Gasteiger partial charge in [0.05, 0.1) is 19.3 Å². The molecule has 1 saturated carbocycles. The minimum absolute atomic E-state index is 0.313. The maximum atomic E-state index is 13.0. The van der Waals surface area contributed by atoms with Crippen molar-refractivity contribution in [2.45, 2.75) is 32.7 Å². The average Bonchev–Trinajstić information content (AvgIpc) is 3.30. The third-order valence-corrected chi connectivity index (χ3v) is 5.14. The zero-order valence-electron chi connectivity index (χ0n) is 15.0. The number of hydrogen-bond acceptors (Lipinski definition) is 8. The van der Waals surface area contributed by atoms with Crippen molar-refractivity contribution in [3.05, 3.63) is 51.7 Å². The molecule has 1 N–H and O–H groups in total. The quantitative estimate of drug-likeness (QED) is 0.667. The van der Waals surface area contributed by atoms with Crippen LogP contribution < -0.4 is 10.1 Å². The first-order chi connectivity index (χ1) is 13.1. The van der Waals surface area contributed by atoms with Gasteiger partial charge in [-0.15, -0.1) is 10.2 Å². The zero-order valence-corrected chi connectivity index (χ0v) is 15.8. The highest BCUT2D eigenvalue weighted by Crippen LogP contribution is 2.46. The Balaban J connectivity index is 1.32. The van der Waals surface area contributed by atoms with E-state index < -0.39 is 0 Å². The molecule has 9 heteroatoms. The van der Waals surface area contributed by atoms with Gasteiger partial charge in [-0.25, -0.2) is 9.37 Å². The molecule has 3 aromatic rings. The number of rotatable bonds is 7. The molecule has 140 valence electrons. The normalized spacial score (nSPS) is 18.3. The smallest absolute Gasteiger partial charge is 0.218 e. The summed E-state index contributed by atoms with van der Waals surface area (Å²) in [6, 6.07) is 4.98. The molecule has 3 aromatic heterocycles. The number of anilines is 1. The van der Waals surface area contributed by atoms with E-state index in [1.165, 1.54) is 12.3 Å². The van der Waals surface area contributed by atoms with Gasteiger partial charge in [-0.3, -0.25) is 4.98 Å². The monoisotopic (exact) mass is 386 g/mol. The van der Waals surface area contributed by atoms with Crippen LogP contribution in [0.2, 0.25) is 0 Å². The molecule has 0 radical (unpaired) electrons. The van der Waals surface area contributed by atoms with Crippen LogP contribution in [0.3, 0.4) is 0 Å². The number of nitrogens with one attached hydrogen (secondary N) is 1. The lowest BCUT2D eigenvalue weighted by Gasteiger charge is -2.09. The summed E-state index contributed by atoms with van der Waals surface area (Å²) >= 11 is 1.55. The molecule has 0 amide bonds. The van der Waals surface area contributed by atoms with Gasteiger partial charge in [-0.05, 0) is 32.4 Å². The van der Waals surface area contributed by atoms with Gasteiger partial charge >= 0.3 is 0 Å². The van der Waals surface area contributed by atoms with Gasteiger partial charge in [0.1, 0.15) is 27.5 Å². The fourth-order valence-electron chi connectivity index (χ4n) is 2.87. The Labute approximate surface area is 160 Å². The Morgan fingerprint density at radius 2 is 2.15 bits per heavy atom. The molecule has 0 aliphatic heterocycles. The van der Waals surface area contributed by atoms with E-state index in [9.17, 15) is 4.39 Å². The summed E-state index contributed by atoms with van der Waals surface area (Å²) in [7, 11) is 0. The van der Waals surface area contributed by atoms with Gasteiger partial charge in [0.2, 0.25) is 5.88 Å². The Morgan fingerprint density at radius 3 is 2.89 bits per heavy atom. The Hall–Kier alpha value is -2.68. The molecule has 0 bridgehead atoms. The summed E-state index contributed by atoms with van der Waals surface area (Å²) < 4.78 is 18.8. The van der Waals surface area contributed by atoms with Crippen molar-refractivity contribution in [1.29, 1.82) is 0 Å². The molecule has 1 aliphatic rings. The lowest BCUT2D eigenvalue weighted by molar-refractivity contribution is 0.284. The number of pyridine rings is 1. The highest BCUT2D eigenvalue weighted by molar-refractivity contribution is 7.11. The Kier molecular flexibility index (Phi) is 4.93. The van der Waals surface area contributed by atoms with E-state index in [4.69, 9.17) is 4.74 Å². The second kappa shape index (κ2) is 7.51. The van der Waals surface area contributed by atoms with Crippen LogP contribution in [0.15, 0.2) is 24.4 Å². The predicted octanol–water partition coefficient (Wildman–Crippen LogP) is 3.27. The van der Waals surface area contributed by atoms with E-state index in [-0.39, 0.29) is 5.82 Å². The highest BCUT2D eigenvalue weighted by atomic mass is 32.1. The number of ether oxygens (including phenoxy) is 1. The second-order valence-corrected chi connectivity index (χ2v) is 7.79. The van der Waals surface area contributed by atoms with Crippen molar-refractivity contribution in [3.63, 3.8) is 0 Å². The third-order valence-electron chi connectivity index (χ3n) is 4.30. The molecule has 0 saturated heterocycles. The molecule has 1 fully saturated rings. The molecule has 4 rings (SSSR count). The standard InChI is InChI=1S/C18H19FN6OS/c1-10-22-16(21-8-18-25-24-11(2)27-18)6-17(23-10)26-9-12-5-14(12)15-4-3-13(19)7-20-15/h3-4,6-7,12,14H,5,8-9H2,1-2H3,(H,21,22,23). The number of aromatic nitrogens is 5. The minimum Gasteiger partial charge on any atom is -0.477 e. The van der Waals surface area contributed by atoms with Crippen molar-refractivity contribution >= 4 is 17.2 Å². The second-order valence-electron chi connectivity index (χ2n) is 6.52. The summed E-state index contributed by atoms with van der Waals surface area (Å²) in [6.45, 7) is 4.86. The molecular weight excluding hydrogens is 367 g/mol. The van der Waals surface area contributed by atoms with Gasteiger partial charge in [-0.1, -0.05) is 11.3 Å². The van der Waals surface area contributed by atoms with Gasteiger partial charge in [0, 0.05) is 23.6 Å². The van der Waals surface area contributed by atoms with E-state index in [0.29, 0.717) is 42.5 Å². The third kappa shape index (κ3) is 4.54. The van der Waals surface area contributed by atoms with E-state index in [2.05, 4.69) is 30.5 Å². The van der Waals surface area contributed by atoms with Crippen molar-refractivity contribution in [3.8, 4) is 5.88 Å². The van der Waals surface area contributed by atoms with E-state index in [0.717, 1.165) is 22.1 Å². The number of halogens is 1. The van der Waals surface area contributed by atoms with Crippen LogP contribution in [-0.2, 0) is 6.54 Å². The van der Waals surface area contributed by atoms with Crippen LogP contribution in [0.4, 0.5) is 10.2 Å². The fourth-order valence-corrected chi connectivity index (χ4v) is 3.52. The summed E-state index contributed by atoms with van der Waals surface area (Å²) in [6.07, 6.45) is 2.25. The van der Waals surface area contributed by atoms with Crippen LogP contribution in [-0.4, -0.2) is 31.8 Å². The minimum atomic E-state index is -0.313. The summed E-state index contributed by atoms with van der Waals surface area (Å²) in [5.41, 5.74) is 0.915. The molecule has 0 spiro atoms. The Morgan fingerprint density at radius 1 is 1.26 bits per heavy atom. The first kappa shape index (κ1) is 17.7. The first-order valence-corrected chi connectivity index (χ1v) is 9.51. The van der Waals surface area contributed by atoms with E-state index >= 15 is 0 Å². The van der Waals surface area contributed by atoms with Gasteiger partial charge in [0.25, 0.3) is 0 Å². The molecule has 0 aromatic carbocycles. The number of hydrogen-bond donors (Lipinski definition) is 1. The predicted molar refractivity (Wildman–Crippen MR) is 99.3 cm³/mol. The maximum absolute atomic E-state index is 13.0. The van der Waals surface area contributed by atoms with E-state index in [1.54, 1.807) is 23.5 Å². The molecular formula is C18H19FN6OS. The number of aryl methyl sites for hydroxylation is 2. The van der Waals surface area contributed by atoms with Gasteiger partial charge in [-0.2, -0.15) is 4.98 Å². The fraction of sp³-hybridized carbons (Fsp3) is 0.389. The average molecular weight is 386 g/mol. The van der Waals surface area contributed by atoms with E-state index in [1.807, 2.05) is 13.8 Å². The van der Waals surface area contributed by atoms with Gasteiger partial charge in [0.15, 0.2) is 0 Å². The summed E-state index contributed by atoms with van der Waals surface area (Å²) in [5, 5.41) is 13.2. The lowest BCUT2D eigenvalue weighted by atomic mass is 10.2. The topological polar surface area (TPSA) is 85.7 Å². The molecule has 2 atom stereocenters. The van der Waals surface area contributed by atoms with Gasteiger partial charge < -0.3 is 10.1 Å². The molecule has 3 heterocycles. The summed E-state index contributed by atoms with van der Waals surface area (Å²) in [5.74, 6) is 2.25. The first-order valence-electron chi connectivity index (χ1n) is 8.69. The molecule has 7 nitrogen and oxygen atoms in total.